The first-order valence-electron chi connectivity index (χ1n) is 5.75. The van der Waals surface area contributed by atoms with Crippen LogP contribution < -0.4 is 22.4 Å². The van der Waals surface area contributed by atoms with Crippen molar-refractivity contribution in [1.29, 1.82) is 0 Å². The second-order valence-corrected chi connectivity index (χ2v) is 4.35. The Bertz CT molecular complexity index is 802. The molecular formula is C12H12N4O5S. The average Bonchev–Trinajstić information content (AvgIpc) is 2.46. The smallest absolute Gasteiger partial charge is 0.349 e. The van der Waals surface area contributed by atoms with E-state index in [-0.39, 0.29) is 22.2 Å². The molecule has 0 atom stereocenters. The van der Waals surface area contributed by atoms with Crippen molar-refractivity contribution in [3.8, 4) is 0 Å². The summed E-state index contributed by atoms with van der Waals surface area (Å²) in [6.45, 7) is 0. The first-order chi connectivity index (χ1) is 10.3. The number of fused-ring (bicyclic) bond motifs is 1. The van der Waals surface area contributed by atoms with Gasteiger partial charge in [-0.05, 0) is 24.4 Å². The largest absolute Gasteiger partial charge is 0.422 e. The lowest BCUT2D eigenvalue weighted by Gasteiger charge is -1.98. The SMILES string of the molecule is CNC(N)=S.NC(=O)c1cc2cc([N+](=O)[O-])ccc2oc1=O. The van der Waals surface area contributed by atoms with Gasteiger partial charge in [-0.2, -0.15) is 0 Å². The lowest BCUT2D eigenvalue weighted by atomic mass is 10.1. The van der Waals surface area contributed by atoms with Crippen molar-refractivity contribution < 1.29 is 14.1 Å². The first-order valence-corrected chi connectivity index (χ1v) is 6.16. The Morgan fingerprint density at radius 2 is 1.95 bits per heavy atom. The Morgan fingerprint density at radius 3 is 2.41 bits per heavy atom. The summed E-state index contributed by atoms with van der Waals surface area (Å²) in [6, 6.07) is 4.87. The van der Waals surface area contributed by atoms with Crippen LogP contribution in [0.15, 0.2) is 33.5 Å². The number of benzene rings is 1. The van der Waals surface area contributed by atoms with Crippen molar-refractivity contribution in [2.24, 2.45) is 11.5 Å². The van der Waals surface area contributed by atoms with E-state index < -0.39 is 16.5 Å². The van der Waals surface area contributed by atoms with E-state index in [4.69, 9.17) is 15.9 Å². The highest BCUT2D eigenvalue weighted by atomic mass is 32.1. The van der Waals surface area contributed by atoms with Crippen LogP contribution in [0.4, 0.5) is 5.69 Å². The third-order valence-electron chi connectivity index (χ3n) is 2.44. The van der Waals surface area contributed by atoms with E-state index in [1.54, 1.807) is 7.05 Å². The van der Waals surface area contributed by atoms with E-state index in [2.05, 4.69) is 17.5 Å². The van der Waals surface area contributed by atoms with Gasteiger partial charge in [-0.25, -0.2) is 4.79 Å². The maximum atomic E-state index is 11.3. The number of thiocarbonyl (C=S) groups is 1. The highest BCUT2D eigenvalue weighted by Gasteiger charge is 2.13. The molecule has 5 N–H and O–H groups in total. The molecule has 0 aliphatic heterocycles. The molecule has 0 radical (unpaired) electrons. The minimum atomic E-state index is -0.938. The zero-order valence-electron chi connectivity index (χ0n) is 11.4. The second-order valence-electron chi connectivity index (χ2n) is 3.91. The highest BCUT2D eigenvalue weighted by molar-refractivity contribution is 7.80. The van der Waals surface area contributed by atoms with Gasteiger partial charge in [-0.1, -0.05) is 0 Å². The molecule has 0 aliphatic rings. The molecule has 0 bridgehead atoms. The summed E-state index contributed by atoms with van der Waals surface area (Å²) in [5.41, 5.74) is 8.68. The van der Waals surface area contributed by atoms with Gasteiger partial charge >= 0.3 is 5.63 Å². The van der Waals surface area contributed by atoms with Gasteiger partial charge in [-0.3, -0.25) is 14.9 Å². The van der Waals surface area contributed by atoms with Gasteiger partial charge in [0.05, 0.1) is 4.92 Å². The monoisotopic (exact) mass is 324 g/mol. The molecule has 0 fully saturated rings. The Labute approximate surface area is 129 Å². The van der Waals surface area contributed by atoms with E-state index in [0.29, 0.717) is 5.11 Å². The lowest BCUT2D eigenvalue weighted by Crippen LogP contribution is -2.24. The van der Waals surface area contributed by atoms with Crippen LogP contribution in [0.3, 0.4) is 0 Å². The highest BCUT2D eigenvalue weighted by Crippen LogP contribution is 2.20. The number of hydrogen-bond acceptors (Lipinski definition) is 6. The zero-order chi connectivity index (χ0) is 16.9. The Morgan fingerprint density at radius 1 is 1.36 bits per heavy atom. The number of nitrogens with two attached hydrogens (primary N) is 2. The number of nitro benzene ring substituents is 1. The van der Waals surface area contributed by atoms with Gasteiger partial charge in [-0.15, -0.1) is 0 Å². The van der Waals surface area contributed by atoms with E-state index in [1.807, 2.05) is 0 Å². The summed E-state index contributed by atoms with van der Waals surface area (Å²) in [6.07, 6.45) is 0. The van der Waals surface area contributed by atoms with Crippen LogP contribution in [0.2, 0.25) is 0 Å². The summed E-state index contributed by atoms with van der Waals surface area (Å²) in [5, 5.41) is 13.7. The summed E-state index contributed by atoms with van der Waals surface area (Å²) >= 11 is 4.36. The Balaban J connectivity index is 0.000000422. The van der Waals surface area contributed by atoms with Crippen molar-refractivity contribution >= 4 is 39.9 Å². The summed E-state index contributed by atoms with van der Waals surface area (Å²) in [7, 11) is 1.68. The van der Waals surface area contributed by atoms with Crippen molar-refractivity contribution in [3.05, 3.63) is 50.4 Å². The quantitative estimate of drug-likeness (QED) is 0.307. The predicted octanol–water partition coefficient (Wildman–Crippen LogP) is 0.250. The third kappa shape index (κ3) is 4.24. The van der Waals surface area contributed by atoms with Gasteiger partial charge in [0.25, 0.3) is 11.6 Å². The molecule has 0 saturated carbocycles. The summed E-state index contributed by atoms with van der Waals surface area (Å²) in [4.78, 5) is 32.2. The number of non-ortho nitro benzene ring substituents is 1. The molecular weight excluding hydrogens is 312 g/mol. The number of hydrogen-bond donors (Lipinski definition) is 3. The van der Waals surface area contributed by atoms with Crippen molar-refractivity contribution in [1.82, 2.24) is 5.32 Å². The summed E-state index contributed by atoms with van der Waals surface area (Å²) < 4.78 is 4.81. The number of carbonyl (C=O) groups excluding carboxylic acids is 1. The number of carbonyl (C=O) groups is 1. The minimum absolute atomic E-state index is 0.158. The van der Waals surface area contributed by atoms with Crippen LogP contribution in [-0.2, 0) is 0 Å². The normalized spacial score (nSPS) is 9.50. The molecule has 22 heavy (non-hydrogen) atoms. The number of primary amides is 1. The molecule has 1 heterocycles. The van der Waals surface area contributed by atoms with Crippen molar-refractivity contribution in [2.75, 3.05) is 7.05 Å². The van der Waals surface area contributed by atoms with Crippen molar-refractivity contribution in [2.45, 2.75) is 0 Å². The molecule has 2 aromatic rings. The van der Waals surface area contributed by atoms with Crippen LogP contribution in [0.5, 0.6) is 0 Å². The average molecular weight is 324 g/mol. The number of nitro groups is 1. The fourth-order valence-electron chi connectivity index (χ4n) is 1.40. The number of rotatable bonds is 2. The molecule has 2 rings (SSSR count). The topological polar surface area (TPSA) is 154 Å². The Kier molecular flexibility index (Phi) is 5.52. The van der Waals surface area contributed by atoms with Gasteiger partial charge in [0.2, 0.25) is 0 Å². The van der Waals surface area contributed by atoms with Crippen LogP contribution in [0.1, 0.15) is 10.4 Å². The van der Waals surface area contributed by atoms with Crippen LogP contribution in [0.25, 0.3) is 11.0 Å². The van der Waals surface area contributed by atoms with Gasteiger partial charge < -0.3 is 21.2 Å². The maximum absolute atomic E-state index is 11.3. The Hall–Kier alpha value is -3.01. The molecule has 1 aromatic carbocycles. The first kappa shape index (κ1) is 17.0. The second kappa shape index (κ2) is 7.13. The number of nitrogens with zero attached hydrogens (tertiary/aromatic N) is 1. The molecule has 1 aromatic heterocycles. The molecule has 0 saturated heterocycles. The molecule has 0 aliphatic carbocycles. The van der Waals surface area contributed by atoms with Crippen molar-refractivity contribution in [3.63, 3.8) is 0 Å². The molecule has 10 heteroatoms. The fourth-order valence-corrected chi connectivity index (χ4v) is 1.40. The molecule has 116 valence electrons. The fraction of sp³-hybridized carbons (Fsp3) is 0.0833. The third-order valence-corrected chi connectivity index (χ3v) is 2.64. The van der Waals surface area contributed by atoms with Crippen LogP contribution in [0, 0.1) is 10.1 Å². The van der Waals surface area contributed by atoms with Gasteiger partial charge in [0, 0.05) is 24.6 Å². The molecule has 0 unspecified atom stereocenters. The van der Waals surface area contributed by atoms with E-state index in [9.17, 15) is 19.7 Å². The maximum Gasteiger partial charge on any atom is 0.349 e. The van der Waals surface area contributed by atoms with E-state index >= 15 is 0 Å². The standard InChI is InChI=1S/C10H6N2O5.C2H6N2S/c11-9(13)7-4-5-3-6(12(15)16)1-2-8(5)17-10(7)14;1-4-2(3)5/h1-4H,(H2,11,13);1H3,(H3,3,4,5). The van der Waals surface area contributed by atoms with Crippen LogP contribution >= 0.6 is 12.2 Å². The molecule has 9 nitrogen and oxygen atoms in total. The molecule has 0 spiro atoms. The zero-order valence-corrected chi connectivity index (χ0v) is 12.2. The lowest BCUT2D eigenvalue weighted by molar-refractivity contribution is -0.384. The van der Waals surface area contributed by atoms with E-state index in [0.717, 1.165) is 0 Å². The minimum Gasteiger partial charge on any atom is -0.422 e. The van der Waals surface area contributed by atoms with Crippen LogP contribution in [-0.4, -0.2) is 23.0 Å². The van der Waals surface area contributed by atoms with Gasteiger partial charge in [0.15, 0.2) is 5.11 Å². The number of amides is 1. The number of nitrogens with one attached hydrogen (secondary N) is 1. The van der Waals surface area contributed by atoms with E-state index in [1.165, 1.54) is 24.3 Å². The predicted molar refractivity (Wildman–Crippen MR) is 83.5 cm³/mol. The van der Waals surface area contributed by atoms with Gasteiger partial charge in [0.1, 0.15) is 11.1 Å². The summed E-state index contributed by atoms with van der Waals surface area (Å²) in [5.74, 6) is -0.938. The molecule has 1 amide bonds.